The van der Waals surface area contributed by atoms with Gasteiger partial charge in [-0.05, 0) is 49.7 Å². The number of aliphatic hydroxyl groups excluding tert-OH is 1. The number of amides is 3. The van der Waals surface area contributed by atoms with E-state index in [9.17, 15) is 24.3 Å². The molecule has 3 saturated heterocycles. The monoisotopic (exact) mass is 637 g/mol. The van der Waals surface area contributed by atoms with Crippen LogP contribution in [0, 0.1) is 5.92 Å². The average molecular weight is 638 g/mol. The van der Waals surface area contributed by atoms with Gasteiger partial charge in [-0.15, -0.1) is 0 Å². The number of anilines is 2. The minimum Gasteiger partial charge on any atom is -0.441 e. The van der Waals surface area contributed by atoms with Crippen LogP contribution in [0.4, 0.5) is 15.5 Å². The maximum absolute atomic E-state index is 16.1. The van der Waals surface area contributed by atoms with Crippen molar-refractivity contribution >= 4 is 43.5 Å². The Hall–Kier alpha value is -3.61. The van der Waals surface area contributed by atoms with Crippen LogP contribution in [0.15, 0.2) is 48.5 Å². The lowest BCUT2D eigenvalue weighted by molar-refractivity contribution is -0.154. The van der Waals surface area contributed by atoms with Gasteiger partial charge in [0.1, 0.15) is 0 Å². The van der Waals surface area contributed by atoms with E-state index in [2.05, 4.69) is 0 Å². The van der Waals surface area contributed by atoms with Crippen LogP contribution in [0.25, 0.3) is 0 Å². The van der Waals surface area contributed by atoms with Gasteiger partial charge in [0.25, 0.3) is 5.91 Å². The van der Waals surface area contributed by atoms with Gasteiger partial charge in [0.15, 0.2) is 11.8 Å². The quantitative estimate of drug-likeness (QED) is 0.201. The Labute approximate surface area is 263 Å². The Morgan fingerprint density at radius 3 is 2.49 bits per heavy atom. The van der Waals surface area contributed by atoms with Crippen LogP contribution in [0.1, 0.15) is 50.7 Å². The summed E-state index contributed by atoms with van der Waals surface area (Å²) < 4.78 is 28.1. The predicted molar refractivity (Wildman–Crippen MR) is 166 cm³/mol. The Kier molecular flexibility index (Phi) is 8.11. The van der Waals surface area contributed by atoms with Crippen molar-refractivity contribution in [2.75, 3.05) is 23.0 Å². The van der Waals surface area contributed by atoms with Crippen LogP contribution < -0.4 is 9.80 Å². The van der Waals surface area contributed by atoms with E-state index in [0.29, 0.717) is 23.5 Å². The number of carbonyl (C=O) groups is 4. The molecule has 0 bridgehead atoms. The van der Waals surface area contributed by atoms with E-state index in [1.165, 1.54) is 11.8 Å². The highest BCUT2D eigenvalue weighted by Crippen LogP contribution is 2.60. The van der Waals surface area contributed by atoms with Crippen molar-refractivity contribution in [1.82, 2.24) is 4.90 Å². The smallest absolute Gasteiger partial charge is 0.304 e. The summed E-state index contributed by atoms with van der Waals surface area (Å²) >= 11 is 0. The molecule has 0 radical (unpaired) electrons. The molecular weight excluding hydrogens is 597 g/mol. The van der Waals surface area contributed by atoms with Gasteiger partial charge >= 0.3 is 5.97 Å². The number of hydrogen-bond acceptors (Lipinski definition) is 7. The Morgan fingerprint density at radius 1 is 1.13 bits per heavy atom. The van der Waals surface area contributed by atoms with Crippen LogP contribution in [0.2, 0.25) is 18.6 Å². The van der Waals surface area contributed by atoms with E-state index in [4.69, 9.17) is 9.47 Å². The zero-order chi connectivity index (χ0) is 32.3. The number of benzene rings is 2. The normalized spacial score (nSPS) is 29.4. The van der Waals surface area contributed by atoms with Gasteiger partial charge in [-0.25, -0.2) is 0 Å². The number of carbonyl (C=O) groups excluding carboxylic acids is 4. The Balaban J connectivity index is 1.27. The number of fused-ring (bicyclic) bond motifs is 2. The van der Waals surface area contributed by atoms with Crippen LogP contribution in [-0.2, 0) is 40.8 Å². The fourth-order valence-electron chi connectivity index (χ4n) is 7.93. The van der Waals surface area contributed by atoms with Crippen LogP contribution in [0.3, 0.4) is 0 Å². The zero-order valence-corrected chi connectivity index (χ0v) is 27.1. The van der Waals surface area contributed by atoms with Gasteiger partial charge in [0.2, 0.25) is 20.2 Å². The lowest BCUT2D eigenvalue weighted by Crippen LogP contribution is -2.54. The Bertz CT molecular complexity index is 1510. The van der Waals surface area contributed by atoms with E-state index in [-0.39, 0.29) is 49.8 Å². The number of esters is 1. The molecule has 1 spiro atoms. The molecule has 4 aliphatic rings. The van der Waals surface area contributed by atoms with Crippen molar-refractivity contribution in [2.24, 2.45) is 5.92 Å². The van der Waals surface area contributed by atoms with Crippen LogP contribution in [-0.4, -0.2) is 73.6 Å². The first kappa shape index (κ1) is 31.4. The molecule has 1 N–H and O–H groups in total. The first-order chi connectivity index (χ1) is 21.4. The molecule has 2 aromatic rings. The minimum atomic E-state index is -3.44. The number of ether oxygens (including phenoxy) is 2. The van der Waals surface area contributed by atoms with Crippen molar-refractivity contribution < 1.29 is 37.9 Å². The van der Waals surface area contributed by atoms with Crippen LogP contribution >= 0.6 is 0 Å². The summed E-state index contributed by atoms with van der Waals surface area (Å²) in [6.45, 7) is 7.03. The SMILES string of the molecule is CC(=O)OC1CC(=O)N1c1ccc(CN2C(=O)[C@@]3(O[C@@H](CC(=O)N4CCC[C@H]4CO)[C@H]([Si](C)(C)F)[C@H]3C)c3ccccc32)cc1. The molecule has 2 aromatic carbocycles. The summed E-state index contributed by atoms with van der Waals surface area (Å²) in [6.07, 6.45) is 0.197. The molecule has 6 rings (SSSR count). The van der Waals surface area contributed by atoms with Crippen molar-refractivity contribution in [3.05, 3.63) is 59.7 Å². The second-order valence-electron chi connectivity index (χ2n) is 13.1. The summed E-state index contributed by atoms with van der Waals surface area (Å²) in [4.78, 5) is 56.4. The number of hydrogen-bond donors (Lipinski definition) is 1. The average Bonchev–Trinajstić information content (AvgIpc) is 3.64. The van der Waals surface area contributed by atoms with Crippen molar-refractivity contribution in [2.45, 2.75) is 88.7 Å². The van der Waals surface area contributed by atoms with Gasteiger partial charge in [0.05, 0.1) is 43.8 Å². The molecule has 45 heavy (non-hydrogen) atoms. The van der Waals surface area contributed by atoms with E-state index in [0.717, 1.165) is 18.4 Å². The topological polar surface area (TPSA) is 117 Å². The summed E-state index contributed by atoms with van der Waals surface area (Å²) in [5.74, 6) is -1.61. The minimum absolute atomic E-state index is 0.0475. The first-order valence-corrected chi connectivity index (χ1v) is 18.6. The number of likely N-dealkylation sites (tertiary alicyclic amines) is 1. The maximum Gasteiger partial charge on any atom is 0.304 e. The van der Waals surface area contributed by atoms with Crippen molar-refractivity contribution in [1.29, 1.82) is 0 Å². The molecule has 3 amide bonds. The molecule has 12 heteroatoms. The Morgan fingerprint density at radius 2 is 1.84 bits per heavy atom. The van der Waals surface area contributed by atoms with E-state index >= 15 is 4.11 Å². The molecule has 4 aliphatic heterocycles. The highest BCUT2D eigenvalue weighted by Gasteiger charge is 2.67. The third-order valence-corrected chi connectivity index (χ3v) is 12.4. The molecule has 0 saturated carbocycles. The second-order valence-corrected chi connectivity index (χ2v) is 16.9. The maximum atomic E-state index is 16.1. The van der Waals surface area contributed by atoms with Gasteiger partial charge in [-0.2, -0.15) is 0 Å². The summed E-state index contributed by atoms with van der Waals surface area (Å²) in [5, 5.41) is 9.78. The molecule has 4 heterocycles. The second kappa shape index (κ2) is 11.6. The summed E-state index contributed by atoms with van der Waals surface area (Å²) in [5.41, 5.74) is 0.690. The van der Waals surface area contributed by atoms with Gasteiger partial charge in [-0.3, -0.25) is 24.1 Å². The molecule has 1 unspecified atom stereocenters. The fourth-order valence-corrected chi connectivity index (χ4v) is 10.4. The number of para-hydroxylation sites is 1. The van der Waals surface area contributed by atoms with Gasteiger partial charge < -0.3 is 28.5 Å². The predicted octanol–water partition coefficient (Wildman–Crippen LogP) is 4.01. The number of nitrogens with zero attached hydrogens (tertiary/aromatic N) is 3. The summed E-state index contributed by atoms with van der Waals surface area (Å²) in [7, 11) is -3.44. The molecular formula is C33H40FN3O7Si. The lowest BCUT2D eigenvalue weighted by Gasteiger charge is -2.39. The van der Waals surface area contributed by atoms with Gasteiger partial charge in [0, 0.05) is 36.2 Å². The fraction of sp³-hybridized carbons (Fsp3) is 0.515. The van der Waals surface area contributed by atoms with E-state index in [1.807, 2.05) is 43.3 Å². The number of rotatable bonds is 8. The molecule has 0 aromatic heterocycles. The molecule has 240 valence electrons. The lowest BCUT2D eigenvalue weighted by atomic mass is 9.82. The van der Waals surface area contributed by atoms with E-state index < -0.39 is 43.8 Å². The van der Waals surface area contributed by atoms with Gasteiger partial charge in [-0.1, -0.05) is 37.3 Å². The number of β-lactam (4-membered cyclic amide) rings is 1. The third-order valence-electron chi connectivity index (χ3n) is 9.92. The molecule has 6 atom stereocenters. The molecule has 10 nitrogen and oxygen atoms in total. The van der Waals surface area contributed by atoms with Crippen molar-refractivity contribution in [3.63, 3.8) is 0 Å². The first-order valence-electron chi connectivity index (χ1n) is 15.6. The zero-order valence-electron chi connectivity index (χ0n) is 26.1. The van der Waals surface area contributed by atoms with Crippen LogP contribution in [0.5, 0.6) is 0 Å². The number of aliphatic hydroxyl groups is 1. The number of halogens is 1. The largest absolute Gasteiger partial charge is 0.441 e. The van der Waals surface area contributed by atoms with Crippen molar-refractivity contribution in [3.8, 4) is 0 Å². The molecule has 3 fully saturated rings. The standard InChI is InChI=1S/C33H40FN3O7Si/c1-20-31(45(3,4)34)27(16-28(40)35-15-7-8-24(35)19-38)44-33(20)25-9-5-6-10-26(25)36(32(33)42)18-22-11-13-23(14-12-22)37-29(41)17-30(37)43-21(2)39/h5-6,9-14,20,24,27,30-31,38H,7-8,15-19H2,1-4H3/t20-,24+,27+,30?,31-,33+/m1/s1. The third kappa shape index (κ3) is 5.26. The highest BCUT2D eigenvalue weighted by molar-refractivity contribution is 6.72. The highest BCUT2D eigenvalue weighted by atomic mass is 28.4. The molecule has 0 aliphatic carbocycles. The van der Waals surface area contributed by atoms with E-state index in [1.54, 1.807) is 35.0 Å². The summed E-state index contributed by atoms with van der Waals surface area (Å²) in [6, 6.07) is 14.3.